The number of carbonyl (C=O) groups is 1. The molecule has 1 aliphatic rings. The molecule has 1 fully saturated rings. The van der Waals surface area contributed by atoms with Gasteiger partial charge in [-0.3, -0.25) is 9.69 Å². The molecule has 126 valence electrons. The van der Waals surface area contributed by atoms with Crippen LogP contribution < -0.4 is 5.73 Å². The first kappa shape index (κ1) is 16.7. The maximum atomic E-state index is 11.8. The van der Waals surface area contributed by atoms with Crippen LogP contribution in [0.25, 0.3) is 0 Å². The quantitative estimate of drug-likeness (QED) is 0.795. The fraction of sp³-hybridized carbons (Fsp3) is 0.350. The molecule has 0 aliphatic heterocycles. The standard InChI is InChI=1S/C20H24N2O2/c1-24-19(23)20(21)12-18(20)15-22(13-16-8-4-2-5-9-16)14-17-10-6-3-7-11-17/h2-11,18H,12-15,21H2,1H3/t18-,20-/m0/s1. The Morgan fingerprint density at radius 3 is 2.04 bits per heavy atom. The number of nitrogens with two attached hydrogens (primary N) is 1. The van der Waals surface area contributed by atoms with Crippen LogP contribution in [0.3, 0.4) is 0 Å². The molecule has 2 N–H and O–H groups in total. The van der Waals surface area contributed by atoms with E-state index in [1.165, 1.54) is 18.2 Å². The van der Waals surface area contributed by atoms with Gasteiger partial charge in [0.2, 0.25) is 0 Å². The Hall–Kier alpha value is -2.17. The normalized spacial score (nSPS) is 22.4. The highest BCUT2D eigenvalue weighted by Crippen LogP contribution is 2.42. The summed E-state index contributed by atoms with van der Waals surface area (Å²) in [5.41, 5.74) is 7.89. The Balaban J connectivity index is 1.69. The summed E-state index contributed by atoms with van der Waals surface area (Å²) >= 11 is 0. The Labute approximate surface area is 143 Å². The van der Waals surface area contributed by atoms with Crippen LogP contribution in [-0.2, 0) is 22.6 Å². The van der Waals surface area contributed by atoms with Crippen LogP contribution in [0.1, 0.15) is 17.5 Å². The third kappa shape index (κ3) is 3.83. The zero-order chi connectivity index (χ0) is 17.0. The minimum Gasteiger partial charge on any atom is -0.468 e. The maximum Gasteiger partial charge on any atom is 0.326 e. The smallest absolute Gasteiger partial charge is 0.326 e. The van der Waals surface area contributed by atoms with E-state index in [0.29, 0.717) is 6.42 Å². The van der Waals surface area contributed by atoms with Gasteiger partial charge in [0, 0.05) is 25.6 Å². The van der Waals surface area contributed by atoms with Crippen LogP contribution >= 0.6 is 0 Å². The molecule has 3 rings (SSSR count). The van der Waals surface area contributed by atoms with Crippen molar-refractivity contribution in [3.8, 4) is 0 Å². The number of hydrogen-bond acceptors (Lipinski definition) is 4. The first-order valence-electron chi connectivity index (χ1n) is 8.29. The molecule has 0 aromatic heterocycles. The molecular weight excluding hydrogens is 300 g/mol. The van der Waals surface area contributed by atoms with Gasteiger partial charge in [0.25, 0.3) is 0 Å². The lowest BCUT2D eigenvalue weighted by atomic mass is 10.1. The molecule has 4 heteroatoms. The van der Waals surface area contributed by atoms with E-state index >= 15 is 0 Å². The van der Waals surface area contributed by atoms with Gasteiger partial charge < -0.3 is 10.5 Å². The number of carbonyl (C=O) groups excluding carboxylic acids is 1. The molecule has 0 heterocycles. The predicted octanol–water partition coefficient (Wildman–Crippen LogP) is 2.58. The summed E-state index contributed by atoms with van der Waals surface area (Å²) in [6.07, 6.45) is 0.694. The summed E-state index contributed by atoms with van der Waals surface area (Å²) in [6, 6.07) is 20.7. The second-order valence-electron chi connectivity index (χ2n) is 6.57. The van der Waals surface area contributed by atoms with E-state index in [9.17, 15) is 4.79 Å². The van der Waals surface area contributed by atoms with Crippen LogP contribution in [0.5, 0.6) is 0 Å². The number of ether oxygens (including phenoxy) is 1. The SMILES string of the molecule is COC(=O)[C@]1(N)C[C@H]1CN(Cc1ccccc1)Cc1ccccc1. The van der Waals surface area contributed by atoms with Crippen molar-refractivity contribution in [2.45, 2.75) is 25.0 Å². The highest BCUT2D eigenvalue weighted by molar-refractivity contribution is 5.84. The van der Waals surface area contributed by atoms with Crippen molar-refractivity contribution in [3.63, 3.8) is 0 Å². The monoisotopic (exact) mass is 324 g/mol. The van der Waals surface area contributed by atoms with Gasteiger partial charge in [0.05, 0.1) is 7.11 Å². The van der Waals surface area contributed by atoms with Crippen LogP contribution in [0.4, 0.5) is 0 Å². The van der Waals surface area contributed by atoms with Gasteiger partial charge in [-0.15, -0.1) is 0 Å². The number of benzene rings is 2. The van der Waals surface area contributed by atoms with Crippen molar-refractivity contribution in [2.24, 2.45) is 11.7 Å². The van der Waals surface area contributed by atoms with Gasteiger partial charge in [-0.2, -0.15) is 0 Å². The van der Waals surface area contributed by atoms with Crippen LogP contribution in [0.2, 0.25) is 0 Å². The van der Waals surface area contributed by atoms with Gasteiger partial charge in [0.15, 0.2) is 0 Å². The van der Waals surface area contributed by atoms with Crippen LogP contribution in [-0.4, -0.2) is 30.1 Å². The first-order chi connectivity index (χ1) is 11.6. The van der Waals surface area contributed by atoms with Gasteiger partial charge >= 0.3 is 5.97 Å². The van der Waals surface area contributed by atoms with Gasteiger partial charge in [-0.1, -0.05) is 60.7 Å². The highest BCUT2D eigenvalue weighted by Gasteiger charge is 2.58. The lowest BCUT2D eigenvalue weighted by Gasteiger charge is -2.23. The van der Waals surface area contributed by atoms with Crippen molar-refractivity contribution in [2.75, 3.05) is 13.7 Å². The van der Waals surface area contributed by atoms with E-state index in [1.807, 2.05) is 12.1 Å². The number of rotatable bonds is 7. The number of hydrogen-bond donors (Lipinski definition) is 1. The van der Waals surface area contributed by atoms with Gasteiger partial charge in [-0.05, 0) is 17.5 Å². The summed E-state index contributed by atoms with van der Waals surface area (Å²) < 4.78 is 4.84. The van der Waals surface area contributed by atoms with E-state index < -0.39 is 5.54 Å². The molecule has 2 aromatic carbocycles. The Bertz CT molecular complexity index is 633. The minimum atomic E-state index is -0.805. The van der Waals surface area contributed by atoms with E-state index in [2.05, 4.69) is 53.4 Å². The predicted molar refractivity (Wildman–Crippen MR) is 94.0 cm³/mol. The van der Waals surface area contributed by atoms with Crippen molar-refractivity contribution in [3.05, 3.63) is 71.8 Å². The zero-order valence-corrected chi connectivity index (χ0v) is 14.0. The summed E-state index contributed by atoms with van der Waals surface area (Å²) in [4.78, 5) is 14.2. The van der Waals surface area contributed by atoms with E-state index in [1.54, 1.807) is 0 Å². The summed E-state index contributed by atoms with van der Waals surface area (Å²) in [6.45, 7) is 2.46. The molecule has 1 saturated carbocycles. The molecule has 0 spiro atoms. The lowest BCUT2D eigenvalue weighted by Crippen LogP contribution is -2.39. The maximum absolute atomic E-state index is 11.8. The highest BCUT2D eigenvalue weighted by atomic mass is 16.5. The topological polar surface area (TPSA) is 55.6 Å². The molecule has 0 radical (unpaired) electrons. The Kier molecular flexibility index (Phi) is 4.97. The summed E-state index contributed by atoms with van der Waals surface area (Å²) in [5, 5.41) is 0. The first-order valence-corrected chi connectivity index (χ1v) is 8.29. The van der Waals surface area contributed by atoms with Crippen molar-refractivity contribution < 1.29 is 9.53 Å². The average Bonchev–Trinajstić information content (AvgIpc) is 3.27. The molecule has 4 nitrogen and oxygen atoms in total. The molecule has 1 aliphatic carbocycles. The molecule has 0 unspecified atom stereocenters. The number of methoxy groups -OCH3 is 1. The average molecular weight is 324 g/mol. The Morgan fingerprint density at radius 2 is 1.58 bits per heavy atom. The third-order valence-corrected chi connectivity index (χ3v) is 4.69. The van der Waals surface area contributed by atoms with Crippen LogP contribution in [0.15, 0.2) is 60.7 Å². The van der Waals surface area contributed by atoms with E-state index in [-0.39, 0.29) is 11.9 Å². The minimum absolute atomic E-state index is 0.150. The largest absolute Gasteiger partial charge is 0.468 e. The van der Waals surface area contributed by atoms with Gasteiger partial charge in [0.1, 0.15) is 5.54 Å². The van der Waals surface area contributed by atoms with Crippen molar-refractivity contribution >= 4 is 5.97 Å². The fourth-order valence-corrected chi connectivity index (χ4v) is 3.20. The molecule has 2 aromatic rings. The fourth-order valence-electron chi connectivity index (χ4n) is 3.20. The molecular formula is C20H24N2O2. The number of nitrogens with zero attached hydrogens (tertiary/aromatic N) is 1. The zero-order valence-electron chi connectivity index (χ0n) is 14.0. The van der Waals surface area contributed by atoms with E-state index in [4.69, 9.17) is 10.5 Å². The Morgan fingerprint density at radius 1 is 1.08 bits per heavy atom. The molecule has 24 heavy (non-hydrogen) atoms. The van der Waals surface area contributed by atoms with Crippen LogP contribution in [0, 0.1) is 5.92 Å². The van der Waals surface area contributed by atoms with Crippen molar-refractivity contribution in [1.29, 1.82) is 0 Å². The second kappa shape index (κ2) is 7.16. The lowest BCUT2D eigenvalue weighted by molar-refractivity contribution is -0.143. The second-order valence-corrected chi connectivity index (χ2v) is 6.57. The summed E-state index contributed by atoms with van der Waals surface area (Å²) in [7, 11) is 1.40. The van der Waals surface area contributed by atoms with Crippen molar-refractivity contribution in [1.82, 2.24) is 4.90 Å². The third-order valence-electron chi connectivity index (χ3n) is 4.69. The molecule has 0 saturated heterocycles. The van der Waals surface area contributed by atoms with Gasteiger partial charge in [-0.25, -0.2) is 0 Å². The number of esters is 1. The summed E-state index contributed by atoms with van der Waals surface area (Å²) in [5.74, 6) is -0.149. The molecule has 0 bridgehead atoms. The van der Waals surface area contributed by atoms with E-state index in [0.717, 1.165) is 19.6 Å². The molecule has 0 amide bonds. The molecule has 2 atom stereocenters.